The molecule has 0 radical (unpaired) electrons. The highest BCUT2D eigenvalue weighted by molar-refractivity contribution is 5.94. The summed E-state index contributed by atoms with van der Waals surface area (Å²) in [6.45, 7) is 18.1. The lowest BCUT2D eigenvalue weighted by Crippen LogP contribution is -2.56. The van der Waals surface area contributed by atoms with Gasteiger partial charge in [-0.25, -0.2) is 9.59 Å². The van der Waals surface area contributed by atoms with Crippen LogP contribution in [0.3, 0.4) is 0 Å². The maximum absolute atomic E-state index is 14.3. The third-order valence-corrected chi connectivity index (χ3v) is 6.73. The second-order valence-electron chi connectivity index (χ2n) is 12.9. The molecule has 0 aliphatic heterocycles. The summed E-state index contributed by atoms with van der Waals surface area (Å²) >= 11 is 0. The standard InChI is InChI=1S/C35H49N3O6/c1-10-22-38(31(40)28(24(3)11-2)37-33(42)44-35(7,8)9)29(26-20-16-13-17-21-26)30(39)36-27(32(41)43-34(4,5)6)23-25-18-14-12-15-19-25/h10,12-21,24,27-29H,1,11,22-23H2,2-9H3,(H,36,39)(H,37,42). The lowest BCUT2D eigenvalue weighted by molar-refractivity contribution is -0.159. The number of carbonyl (C=O) groups is 4. The van der Waals surface area contributed by atoms with Crippen LogP contribution in [0.25, 0.3) is 0 Å². The minimum absolute atomic E-state index is 0.00450. The first kappa shape index (κ1) is 36.1. The number of rotatable bonds is 13. The molecule has 9 nitrogen and oxygen atoms in total. The van der Waals surface area contributed by atoms with Gasteiger partial charge in [-0.2, -0.15) is 0 Å². The Morgan fingerprint density at radius 1 is 0.864 bits per heavy atom. The fourth-order valence-electron chi connectivity index (χ4n) is 4.53. The summed E-state index contributed by atoms with van der Waals surface area (Å²) in [5.74, 6) is -1.93. The number of esters is 1. The quantitative estimate of drug-likeness (QED) is 0.221. The third kappa shape index (κ3) is 11.5. The van der Waals surface area contributed by atoms with E-state index >= 15 is 0 Å². The van der Waals surface area contributed by atoms with E-state index < -0.39 is 53.2 Å². The Morgan fingerprint density at radius 3 is 1.91 bits per heavy atom. The summed E-state index contributed by atoms with van der Waals surface area (Å²) in [5.41, 5.74) is -0.187. The minimum atomic E-state index is -1.14. The molecule has 0 aromatic heterocycles. The van der Waals surface area contributed by atoms with Crippen LogP contribution in [0.4, 0.5) is 4.79 Å². The van der Waals surface area contributed by atoms with E-state index in [2.05, 4.69) is 17.2 Å². The second kappa shape index (κ2) is 16.1. The van der Waals surface area contributed by atoms with Gasteiger partial charge in [0.2, 0.25) is 11.8 Å². The van der Waals surface area contributed by atoms with Crippen LogP contribution in [-0.2, 0) is 30.3 Å². The van der Waals surface area contributed by atoms with Gasteiger partial charge in [0.1, 0.15) is 29.3 Å². The van der Waals surface area contributed by atoms with Crippen molar-refractivity contribution in [3.05, 3.63) is 84.4 Å². The highest BCUT2D eigenvalue weighted by Gasteiger charge is 2.39. The smallest absolute Gasteiger partial charge is 0.408 e. The fourth-order valence-corrected chi connectivity index (χ4v) is 4.53. The fraction of sp³-hybridized carbons (Fsp3) is 0.486. The summed E-state index contributed by atoms with van der Waals surface area (Å²) in [6, 6.07) is 15.0. The van der Waals surface area contributed by atoms with Crippen molar-refractivity contribution >= 4 is 23.9 Å². The van der Waals surface area contributed by atoms with Crippen molar-refractivity contribution in [3.63, 3.8) is 0 Å². The predicted octanol–water partition coefficient (Wildman–Crippen LogP) is 5.75. The molecule has 0 spiro atoms. The first-order valence-electron chi connectivity index (χ1n) is 15.1. The zero-order valence-corrected chi connectivity index (χ0v) is 27.4. The maximum Gasteiger partial charge on any atom is 0.408 e. The van der Waals surface area contributed by atoms with Crippen LogP contribution in [0.15, 0.2) is 73.3 Å². The van der Waals surface area contributed by atoms with E-state index in [0.29, 0.717) is 12.0 Å². The first-order chi connectivity index (χ1) is 20.6. The Kier molecular flexibility index (Phi) is 13.2. The van der Waals surface area contributed by atoms with Crippen molar-refractivity contribution in [1.29, 1.82) is 0 Å². The highest BCUT2D eigenvalue weighted by atomic mass is 16.6. The molecule has 0 saturated carbocycles. The number of benzene rings is 2. The van der Waals surface area contributed by atoms with E-state index in [1.54, 1.807) is 65.8 Å². The monoisotopic (exact) mass is 607 g/mol. The van der Waals surface area contributed by atoms with Crippen LogP contribution in [0.2, 0.25) is 0 Å². The summed E-state index contributed by atoms with van der Waals surface area (Å²) < 4.78 is 11.1. The average Bonchev–Trinajstić information content (AvgIpc) is 2.94. The molecule has 0 fully saturated rings. The van der Waals surface area contributed by atoms with Crippen molar-refractivity contribution in [2.75, 3.05) is 6.54 Å². The van der Waals surface area contributed by atoms with Gasteiger partial charge in [-0.1, -0.05) is 87.0 Å². The van der Waals surface area contributed by atoms with Crippen molar-refractivity contribution in [1.82, 2.24) is 15.5 Å². The molecule has 0 heterocycles. The molecule has 2 aromatic rings. The lowest BCUT2D eigenvalue weighted by atomic mass is 9.95. The third-order valence-electron chi connectivity index (χ3n) is 6.73. The molecule has 0 saturated heterocycles. The average molecular weight is 608 g/mol. The van der Waals surface area contributed by atoms with Gasteiger partial charge < -0.3 is 25.0 Å². The number of amides is 3. The van der Waals surface area contributed by atoms with E-state index in [9.17, 15) is 19.2 Å². The largest absolute Gasteiger partial charge is 0.458 e. The van der Waals surface area contributed by atoms with E-state index in [-0.39, 0.29) is 18.9 Å². The van der Waals surface area contributed by atoms with Crippen LogP contribution in [0.1, 0.15) is 79.0 Å². The molecular weight excluding hydrogens is 558 g/mol. The van der Waals surface area contributed by atoms with Crippen molar-refractivity contribution in [2.24, 2.45) is 5.92 Å². The molecule has 2 N–H and O–H groups in total. The van der Waals surface area contributed by atoms with Gasteiger partial charge in [-0.15, -0.1) is 6.58 Å². The summed E-state index contributed by atoms with van der Waals surface area (Å²) in [4.78, 5) is 56.1. The van der Waals surface area contributed by atoms with Crippen LogP contribution in [0.5, 0.6) is 0 Å². The Labute approximate surface area is 262 Å². The van der Waals surface area contributed by atoms with Crippen molar-refractivity contribution in [2.45, 2.75) is 97.6 Å². The van der Waals surface area contributed by atoms with Gasteiger partial charge in [0.05, 0.1) is 0 Å². The topological polar surface area (TPSA) is 114 Å². The second-order valence-corrected chi connectivity index (χ2v) is 12.9. The van der Waals surface area contributed by atoms with Crippen LogP contribution >= 0.6 is 0 Å². The maximum atomic E-state index is 14.3. The Balaban J connectivity index is 2.55. The molecule has 4 atom stereocenters. The van der Waals surface area contributed by atoms with Gasteiger partial charge in [-0.3, -0.25) is 9.59 Å². The number of nitrogens with one attached hydrogen (secondary N) is 2. The molecule has 4 unspecified atom stereocenters. The Morgan fingerprint density at radius 2 is 1.41 bits per heavy atom. The predicted molar refractivity (Wildman–Crippen MR) is 172 cm³/mol. The van der Waals surface area contributed by atoms with E-state index in [0.717, 1.165) is 5.56 Å². The van der Waals surface area contributed by atoms with E-state index in [1.165, 1.54) is 11.0 Å². The number of alkyl carbamates (subject to hydrolysis) is 1. The van der Waals surface area contributed by atoms with Crippen molar-refractivity contribution in [3.8, 4) is 0 Å². The molecule has 3 amide bonds. The highest BCUT2D eigenvalue weighted by Crippen LogP contribution is 2.25. The zero-order valence-electron chi connectivity index (χ0n) is 27.4. The summed E-state index contributed by atoms with van der Waals surface area (Å²) in [5, 5.41) is 5.61. The molecule has 44 heavy (non-hydrogen) atoms. The van der Waals surface area contributed by atoms with Crippen LogP contribution in [-0.4, -0.2) is 58.6 Å². The van der Waals surface area contributed by atoms with Gasteiger partial charge in [0.15, 0.2) is 0 Å². The summed E-state index contributed by atoms with van der Waals surface area (Å²) in [6.07, 6.45) is 1.56. The zero-order chi connectivity index (χ0) is 33.1. The van der Waals surface area contributed by atoms with Crippen molar-refractivity contribution < 1.29 is 28.7 Å². The molecule has 2 aromatic carbocycles. The normalized spacial score (nSPS) is 14.3. The molecule has 9 heteroatoms. The molecule has 0 aliphatic carbocycles. The number of nitrogens with zero attached hydrogens (tertiary/aromatic N) is 1. The van der Waals surface area contributed by atoms with Gasteiger partial charge in [-0.05, 0) is 58.6 Å². The Hall–Kier alpha value is -4.14. The van der Waals surface area contributed by atoms with Gasteiger partial charge >= 0.3 is 12.1 Å². The van der Waals surface area contributed by atoms with Gasteiger partial charge in [0, 0.05) is 13.0 Å². The van der Waals surface area contributed by atoms with E-state index in [1.807, 2.05) is 50.2 Å². The first-order valence-corrected chi connectivity index (χ1v) is 15.1. The molecule has 240 valence electrons. The van der Waals surface area contributed by atoms with E-state index in [4.69, 9.17) is 9.47 Å². The molecule has 0 bridgehead atoms. The van der Waals surface area contributed by atoms with Crippen LogP contribution in [0, 0.1) is 5.92 Å². The summed E-state index contributed by atoms with van der Waals surface area (Å²) in [7, 11) is 0. The number of ether oxygens (including phenoxy) is 2. The SMILES string of the molecule is C=CCN(C(=O)C(NC(=O)OC(C)(C)C)C(C)CC)C(C(=O)NC(Cc1ccccc1)C(=O)OC(C)(C)C)c1ccccc1. The minimum Gasteiger partial charge on any atom is -0.458 e. The Bertz CT molecular complexity index is 1250. The van der Waals surface area contributed by atoms with Gasteiger partial charge in [0.25, 0.3) is 0 Å². The number of hydrogen-bond acceptors (Lipinski definition) is 6. The number of carbonyl (C=O) groups excluding carboxylic acids is 4. The molecular formula is C35H49N3O6. The lowest BCUT2D eigenvalue weighted by Gasteiger charge is -2.36. The molecule has 2 rings (SSSR count). The molecule has 0 aliphatic rings. The van der Waals surface area contributed by atoms with Crippen LogP contribution < -0.4 is 10.6 Å². The number of hydrogen-bond donors (Lipinski definition) is 2.